The summed E-state index contributed by atoms with van der Waals surface area (Å²) in [6.45, 7) is 0. The van der Waals surface area contributed by atoms with Crippen LogP contribution >= 0.6 is 11.6 Å². The molecule has 1 saturated carbocycles. The Morgan fingerprint density at radius 1 is 1.37 bits per heavy atom. The van der Waals surface area contributed by atoms with Gasteiger partial charge in [0, 0.05) is 17.5 Å². The highest BCUT2D eigenvalue weighted by molar-refractivity contribution is 6.30. The zero-order chi connectivity index (χ0) is 13.7. The van der Waals surface area contributed by atoms with Crippen molar-refractivity contribution in [1.82, 2.24) is 0 Å². The predicted molar refractivity (Wildman–Crippen MR) is 73.8 cm³/mol. The molecule has 1 aliphatic carbocycles. The number of Topliss-reactive ketones (excluding diaryl/α,β-unsaturated/α-hetero) is 1. The molecule has 100 valence electrons. The summed E-state index contributed by atoms with van der Waals surface area (Å²) < 4.78 is 5.15. The third kappa shape index (κ3) is 4.21. The maximum absolute atomic E-state index is 11.6. The smallest absolute Gasteiger partial charge is 0.331 e. The second kappa shape index (κ2) is 6.53. The van der Waals surface area contributed by atoms with E-state index in [0.29, 0.717) is 17.9 Å². The molecule has 0 amide bonds. The molecule has 19 heavy (non-hydrogen) atoms. The van der Waals surface area contributed by atoms with Crippen LogP contribution in [0.4, 0.5) is 0 Å². The van der Waals surface area contributed by atoms with E-state index in [-0.39, 0.29) is 5.78 Å². The number of hydrogen-bond donors (Lipinski definition) is 0. The Morgan fingerprint density at radius 3 is 2.95 bits per heavy atom. The topological polar surface area (TPSA) is 43.4 Å². The summed E-state index contributed by atoms with van der Waals surface area (Å²) in [7, 11) is 0. The van der Waals surface area contributed by atoms with Crippen molar-refractivity contribution >= 4 is 29.4 Å². The molecule has 0 heterocycles. The molecule has 0 bridgehead atoms. The Balaban J connectivity index is 1.92. The van der Waals surface area contributed by atoms with Gasteiger partial charge < -0.3 is 4.74 Å². The summed E-state index contributed by atoms with van der Waals surface area (Å²) in [5.74, 6) is -0.462. The maximum Gasteiger partial charge on any atom is 0.331 e. The average molecular weight is 279 g/mol. The Labute approximate surface area is 117 Å². The van der Waals surface area contributed by atoms with Gasteiger partial charge >= 0.3 is 5.97 Å². The lowest BCUT2D eigenvalue weighted by molar-refractivity contribution is -0.152. The van der Waals surface area contributed by atoms with Crippen LogP contribution in [0, 0.1) is 0 Å². The molecule has 1 fully saturated rings. The van der Waals surface area contributed by atoms with Crippen LogP contribution in [0.5, 0.6) is 0 Å². The molecule has 1 aliphatic rings. The van der Waals surface area contributed by atoms with Gasteiger partial charge in [-0.3, -0.25) is 4.79 Å². The monoisotopic (exact) mass is 278 g/mol. The van der Waals surface area contributed by atoms with Gasteiger partial charge in [0.05, 0.1) is 0 Å². The van der Waals surface area contributed by atoms with Crippen LogP contribution in [0.15, 0.2) is 30.3 Å². The molecule has 0 N–H and O–H groups in total. The third-order valence-electron chi connectivity index (χ3n) is 3.02. The SMILES string of the molecule is O=C(C=Cc1cccc(Cl)c1)OC1CCCCC1=O. The van der Waals surface area contributed by atoms with Crippen LogP contribution in [0.25, 0.3) is 6.08 Å². The van der Waals surface area contributed by atoms with Crippen LogP contribution in [0.1, 0.15) is 31.2 Å². The molecule has 4 heteroatoms. The minimum absolute atomic E-state index is 0.0238. The van der Waals surface area contributed by atoms with Gasteiger partial charge in [-0.15, -0.1) is 0 Å². The summed E-state index contributed by atoms with van der Waals surface area (Å²) >= 11 is 5.84. The number of halogens is 1. The second-order valence-electron chi connectivity index (χ2n) is 4.53. The van der Waals surface area contributed by atoms with E-state index in [2.05, 4.69) is 0 Å². The lowest BCUT2D eigenvalue weighted by Gasteiger charge is -2.19. The first-order valence-corrected chi connectivity index (χ1v) is 6.70. The van der Waals surface area contributed by atoms with E-state index in [1.807, 2.05) is 6.07 Å². The molecule has 0 saturated heterocycles. The molecule has 0 aromatic heterocycles. The van der Waals surface area contributed by atoms with E-state index in [4.69, 9.17) is 16.3 Å². The van der Waals surface area contributed by atoms with Crippen molar-refractivity contribution in [1.29, 1.82) is 0 Å². The highest BCUT2D eigenvalue weighted by atomic mass is 35.5. The molecule has 0 spiro atoms. The molecule has 3 nitrogen and oxygen atoms in total. The van der Waals surface area contributed by atoms with Crippen LogP contribution < -0.4 is 0 Å². The Kier molecular flexibility index (Phi) is 4.74. The summed E-state index contributed by atoms with van der Waals surface area (Å²) in [6.07, 6.45) is 5.36. The fourth-order valence-electron chi connectivity index (χ4n) is 2.03. The van der Waals surface area contributed by atoms with Crippen molar-refractivity contribution in [2.45, 2.75) is 31.8 Å². The van der Waals surface area contributed by atoms with E-state index < -0.39 is 12.1 Å². The van der Waals surface area contributed by atoms with E-state index in [9.17, 15) is 9.59 Å². The number of rotatable bonds is 3. The highest BCUT2D eigenvalue weighted by Gasteiger charge is 2.24. The van der Waals surface area contributed by atoms with Gasteiger partial charge in [-0.2, -0.15) is 0 Å². The van der Waals surface area contributed by atoms with Crippen molar-refractivity contribution in [3.8, 4) is 0 Å². The van der Waals surface area contributed by atoms with Crippen molar-refractivity contribution in [2.24, 2.45) is 0 Å². The molecular formula is C15H15ClO3. The first kappa shape index (κ1) is 13.8. The van der Waals surface area contributed by atoms with Gasteiger partial charge in [-0.1, -0.05) is 23.7 Å². The third-order valence-corrected chi connectivity index (χ3v) is 3.25. The lowest BCUT2D eigenvalue weighted by atomic mass is 9.96. The minimum atomic E-state index is -0.565. The molecular weight excluding hydrogens is 264 g/mol. The van der Waals surface area contributed by atoms with E-state index in [1.54, 1.807) is 24.3 Å². The number of carbonyl (C=O) groups is 2. The Morgan fingerprint density at radius 2 is 2.21 bits per heavy atom. The number of carbonyl (C=O) groups excluding carboxylic acids is 2. The van der Waals surface area contributed by atoms with Crippen LogP contribution in [-0.2, 0) is 14.3 Å². The van der Waals surface area contributed by atoms with Crippen molar-refractivity contribution in [3.05, 3.63) is 40.9 Å². The highest BCUT2D eigenvalue weighted by Crippen LogP contribution is 2.18. The van der Waals surface area contributed by atoms with Crippen LogP contribution in [-0.4, -0.2) is 17.9 Å². The summed E-state index contributed by atoms with van der Waals surface area (Å²) in [4.78, 5) is 23.2. The standard InChI is InChI=1S/C15H15ClO3/c16-12-5-3-4-11(10-12)8-9-15(18)19-14-7-2-1-6-13(14)17/h3-5,8-10,14H,1-2,6-7H2. The van der Waals surface area contributed by atoms with Gasteiger partial charge in [0.2, 0.25) is 0 Å². The van der Waals surface area contributed by atoms with Crippen LogP contribution in [0.3, 0.4) is 0 Å². The molecule has 1 atom stereocenters. The van der Waals surface area contributed by atoms with Crippen molar-refractivity contribution in [3.63, 3.8) is 0 Å². The van der Waals surface area contributed by atoms with Gasteiger partial charge in [0.15, 0.2) is 11.9 Å². The van der Waals surface area contributed by atoms with E-state index >= 15 is 0 Å². The largest absolute Gasteiger partial charge is 0.451 e. The summed E-state index contributed by atoms with van der Waals surface area (Å²) in [6, 6.07) is 7.15. The lowest BCUT2D eigenvalue weighted by Crippen LogP contribution is -2.29. The first-order valence-electron chi connectivity index (χ1n) is 6.32. The summed E-state index contributed by atoms with van der Waals surface area (Å²) in [5.41, 5.74) is 0.819. The molecule has 1 aromatic rings. The quantitative estimate of drug-likeness (QED) is 0.629. The first-order chi connectivity index (χ1) is 9.15. The fraction of sp³-hybridized carbons (Fsp3) is 0.333. The Hall–Kier alpha value is -1.61. The van der Waals surface area contributed by atoms with Gasteiger partial charge in [-0.25, -0.2) is 4.79 Å². The number of hydrogen-bond acceptors (Lipinski definition) is 3. The fourth-order valence-corrected chi connectivity index (χ4v) is 2.23. The Bertz CT molecular complexity index is 508. The van der Waals surface area contributed by atoms with Crippen molar-refractivity contribution in [2.75, 3.05) is 0 Å². The zero-order valence-electron chi connectivity index (χ0n) is 10.5. The van der Waals surface area contributed by atoms with Gasteiger partial charge in [0.1, 0.15) is 0 Å². The molecule has 1 unspecified atom stereocenters. The summed E-state index contributed by atoms with van der Waals surface area (Å²) in [5, 5.41) is 0.609. The maximum atomic E-state index is 11.6. The zero-order valence-corrected chi connectivity index (χ0v) is 11.2. The number of ketones is 1. The number of esters is 1. The molecule has 0 radical (unpaired) electrons. The minimum Gasteiger partial charge on any atom is -0.451 e. The van der Waals surface area contributed by atoms with Crippen LogP contribution in [0.2, 0.25) is 5.02 Å². The second-order valence-corrected chi connectivity index (χ2v) is 4.96. The molecule has 0 aliphatic heterocycles. The van der Waals surface area contributed by atoms with E-state index in [0.717, 1.165) is 18.4 Å². The molecule has 1 aromatic carbocycles. The van der Waals surface area contributed by atoms with Gasteiger partial charge in [0.25, 0.3) is 0 Å². The predicted octanol–water partition coefficient (Wildman–Crippen LogP) is 3.41. The van der Waals surface area contributed by atoms with Gasteiger partial charge in [-0.05, 0) is 43.0 Å². The number of benzene rings is 1. The van der Waals surface area contributed by atoms with E-state index in [1.165, 1.54) is 6.08 Å². The van der Waals surface area contributed by atoms with Crippen molar-refractivity contribution < 1.29 is 14.3 Å². The number of ether oxygens (including phenoxy) is 1. The normalized spacial score (nSPS) is 19.6. The average Bonchev–Trinajstić information content (AvgIpc) is 2.39. The molecule has 2 rings (SSSR count).